The second kappa shape index (κ2) is 7.34. The fourth-order valence-electron chi connectivity index (χ4n) is 2.53. The molecule has 4 rings (SSSR count). The Bertz CT molecular complexity index is 1010. The lowest BCUT2D eigenvalue weighted by molar-refractivity contribution is -0.115. The van der Waals surface area contributed by atoms with Crippen molar-refractivity contribution in [3.63, 3.8) is 0 Å². The smallest absolute Gasteiger partial charge is 0.264 e. The Morgan fingerprint density at radius 1 is 1.22 bits per heavy atom. The van der Waals surface area contributed by atoms with Crippen molar-refractivity contribution in [2.75, 3.05) is 13.9 Å². The van der Waals surface area contributed by atoms with Crippen LogP contribution < -0.4 is 19.5 Å². The minimum absolute atomic E-state index is 0.152. The molecular formula is C18H12Cl2N2O4S. The third kappa shape index (κ3) is 3.71. The molecular weight excluding hydrogens is 411 g/mol. The van der Waals surface area contributed by atoms with Gasteiger partial charge >= 0.3 is 0 Å². The highest BCUT2D eigenvalue weighted by Gasteiger charge is 2.25. The van der Waals surface area contributed by atoms with Crippen molar-refractivity contribution in [3.8, 4) is 17.2 Å². The summed E-state index contributed by atoms with van der Waals surface area (Å²) in [5.74, 6) is 1.46. The van der Waals surface area contributed by atoms with Gasteiger partial charge in [-0.05, 0) is 47.7 Å². The van der Waals surface area contributed by atoms with E-state index in [0.29, 0.717) is 48.6 Å². The molecule has 2 aliphatic rings. The molecule has 27 heavy (non-hydrogen) atoms. The van der Waals surface area contributed by atoms with E-state index >= 15 is 0 Å². The van der Waals surface area contributed by atoms with E-state index in [2.05, 4.69) is 10.3 Å². The fourth-order valence-corrected chi connectivity index (χ4v) is 3.73. The third-order valence-corrected chi connectivity index (χ3v) is 5.26. The molecule has 1 saturated heterocycles. The zero-order chi connectivity index (χ0) is 19.0. The summed E-state index contributed by atoms with van der Waals surface area (Å²) in [5, 5.41) is 4.12. The number of halogens is 2. The van der Waals surface area contributed by atoms with E-state index in [-0.39, 0.29) is 12.7 Å². The van der Waals surface area contributed by atoms with Crippen molar-refractivity contribution in [1.82, 2.24) is 5.32 Å². The number of hydrogen-bond acceptors (Lipinski definition) is 6. The van der Waals surface area contributed by atoms with Gasteiger partial charge in [0.25, 0.3) is 5.91 Å². The summed E-state index contributed by atoms with van der Waals surface area (Å²) >= 11 is 13.5. The zero-order valence-corrected chi connectivity index (χ0v) is 16.2. The van der Waals surface area contributed by atoms with Gasteiger partial charge in [-0.2, -0.15) is 0 Å². The first-order valence-electron chi connectivity index (χ1n) is 7.76. The molecule has 0 bridgehead atoms. The molecule has 0 saturated carbocycles. The molecule has 2 aliphatic heterocycles. The summed E-state index contributed by atoms with van der Waals surface area (Å²) in [6.45, 7) is 0.152. The molecule has 1 amide bonds. The molecule has 1 N–H and O–H groups in total. The van der Waals surface area contributed by atoms with Crippen LogP contribution in [0, 0.1) is 0 Å². The van der Waals surface area contributed by atoms with Gasteiger partial charge in [-0.1, -0.05) is 23.2 Å². The van der Waals surface area contributed by atoms with Crippen LogP contribution in [0.2, 0.25) is 10.0 Å². The second-order valence-electron chi connectivity index (χ2n) is 5.52. The van der Waals surface area contributed by atoms with E-state index in [4.69, 9.17) is 37.4 Å². The van der Waals surface area contributed by atoms with E-state index in [0.717, 1.165) is 0 Å². The first-order chi connectivity index (χ1) is 13.0. The summed E-state index contributed by atoms with van der Waals surface area (Å²) in [7, 11) is 1.54. The summed E-state index contributed by atoms with van der Waals surface area (Å²) < 4.78 is 15.9. The van der Waals surface area contributed by atoms with Crippen LogP contribution in [-0.4, -0.2) is 25.0 Å². The standard InChI is InChI=1S/C18H12Cl2N2O4S/c1-24-13-3-2-10(19)6-12(13)21-18-22-17(23)16(27-18)5-9-4-14-15(7-11(9)20)26-8-25-14/h2-7H,8H2,1H3,(H,21,22,23)/b16-5-. The van der Waals surface area contributed by atoms with Gasteiger partial charge in [0.15, 0.2) is 16.7 Å². The van der Waals surface area contributed by atoms with Gasteiger partial charge in [0.2, 0.25) is 6.79 Å². The number of methoxy groups -OCH3 is 1. The Labute approximate surface area is 169 Å². The van der Waals surface area contributed by atoms with Crippen molar-refractivity contribution in [3.05, 3.63) is 50.8 Å². The predicted molar refractivity (Wildman–Crippen MR) is 106 cm³/mol. The van der Waals surface area contributed by atoms with Crippen molar-refractivity contribution in [2.45, 2.75) is 0 Å². The quantitative estimate of drug-likeness (QED) is 0.730. The Hall–Kier alpha value is -2.35. The van der Waals surface area contributed by atoms with Crippen molar-refractivity contribution < 1.29 is 19.0 Å². The molecule has 6 nitrogen and oxygen atoms in total. The van der Waals surface area contributed by atoms with Gasteiger partial charge in [-0.15, -0.1) is 0 Å². The van der Waals surface area contributed by atoms with Gasteiger partial charge < -0.3 is 19.5 Å². The van der Waals surface area contributed by atoms with Gasteiger partial charge in [0.1, 0.15) is 11.4 Å². The maximum atomic E-state index is 12.3. The first kappa shape index (κ1) is 18.0. The highest BCUT2D eigenvalue weighted by atomic mass is 35.5. The Morgan fingerprint density at radius 2 is 2.00 bits per heavy atom. The number of hydrogen-bond donors (Lipinski definition) is 1. The lowest BCUT2D eigenvalue weighted by Crippen LogP contribution is -2.19. The first-order valence-corrected chi connectivity index (χ1v) is 9.33. The number of carbonyl (C=O) groups is 1. The van der Waals surface area contributed by atoms with Crippen LogP contribution in [0.3, 0.4) is 0 Å². The maximum absolute atomic E-state index is 12.3. The molecule has 138 valence electrons. The number of ether oxygens (including phenoxy) is 3. The van der Waals surface area contributed by atoms with E-state index in [1.807, 2.05) is 0 Å². The number of carbonyl (C=O) groups excluding carboxylic acids is 1. The highest BCUT2D eigenvalue weighted by molar-refractivity contribution is 8.18. The molecule has 2 aromatic carbocycles. The van der Waals surface area contributed by atoms with Crippen LogP contribution in [0.1, 0.15) is 5.56 Å². The van der Waals surface area contributed by atoms with Crippen LogP contribution in [0.15, 0.2) is 40.2 Å². The molecule has 2 aromatic rings. The molecule has 0 radical (unpaired) electrons. The molecule has 2 heterocycles. The van der Waals surface area contributed by atoms with E-state index in [1.54, 1.807) is 43.5 Å². The normalized spacial score (nSPS) is 18.3. The number of nitrogens with zero attached hydrogens (tertiary/aromatic N) is 1. The van der Waals surface area contributed by atoms with Gasteiger partial charge in [0.05, 0.1) is 17.0 Å². The van der Waals surface area contributed by atoms with Crippen LogP contribution in [0.5, 0.6) is 17.2 Å². The minimum Gasteiger partial charge on any atom is -0.494 e. The molecule has 0 unspecified atom stereocenters. The number of fused-ring (bicyclic) bond motifs is 1. The summed E-state index contributed by atoms with van der Waals surface area (Å²) in [6, 6.07) is 8.49. The monoisotopic (exact) mass is 422 g/mol. The Kier molecular flexibility index (Phi) is 4.90. The van der Waals surface area contributed by atoms with E-state index in [1.165, 1.54) is 11.8 Å². The fraction of sp³-hybridized carbons (Fsp3) is 0.111. The lowest BCUT2D eigenvalue weighted by atomic mass is 10.2. The summed E-state index contributed by atoms with van der Waals surface area (Å²) in [5.41, 5.74) is 1.18. The molecule has 0 atom stereocenters. The summed E-state index contributed by atoms with van der Waals surface area (Å²) in [6.07, 6.45) is 1.68. The number of rotatable bonds is 3. The minimum atomic E-state index is -0.270. The van der Waals surface area contributed by atoms with Crippen LogP contribution in [-0.2, 0) is 4.79 Å². The number of amidine groups is 1. The third-order valence-electron chi connectivity index (χ3n) is 3.79. The highest BCUT2D eigenvalue weighted by Crippen LogP contribution is 2.39. The molecule has 9 heteroatoms. The number of aliphatic imine (C=N–C) groups is 1. The van der Waals surface area contributed by atoms with Crippen molar-refractivity contribution in [1.29, 1.82) is 0 Å². The SMILES string of the molecule is COc1ccc(Cl)cc1N=C1NC(=O)/C(=C/c2cc3c(cc2Cl)OCO3)S1. The van der Waals surface area contributed by atoms with Crippen LogP contribution >= 0.6 is 35.0 Å². The largest absolute Gasteiger partial charge is 0.494 e. The van der Waals surface area contributed by atoms with Gasteiger partial charge in [0, 0.05) is 11.1 Å². The van der Waals surface area contributed by atoms with E-state index in [9.17, 15) is 4.79 Å². The number of thioether (sulfide) groups is 1. The zero-order valence-electron chi connectivity index (χ0n) is 13.9. The average molecular weight is 423 g/mol. The maximum Gasteiger partial charge on any atom is 0.264 e. The van der Waals surface area contributed by atoms with E-state index < -0.39 is 0 Å². The Balaban J connectivity index is 1.63. The molecule has 0 aliphatic carbocycles. The van der Waals surface area contributed by atoms with Crippen molar-refractivity contribution >= 4 is 57.8 Å². The molecule has 0 aromatic heterocycles. The second-order valence-corrected chi connectivity index (χ2v) is 7.40. The lowest BCUT2D eigenvalue weighted by Gasteiger charge is -2.05. The average Bonchev–Trinajstić information content (AvgIpc) is 3.21. The number of nitrogens with one attached hydrogen (secondary N) is 1. The van der Waals surface area contributed by atoms with Crippen LogP contribution in [0.25, 0.3) is 6.08 Å². The number of amides is 1. The topological polar surface area (TPSA) is 69.2 Å². The van der Waals surface area contributed by atoms with Crippen molar-refractivity contribution in [2.24, 2.45) is 4.99 Å². The van der Waals surface area contributed by atoms with Gasteiger partial charge in [-0.3, -0.25) is 4.79 Å². The number of benzene rings is 2. The van der Waals surface area contributed by atoms with Gasteiger partial charge in [-0.25, -0.2) is 4.99 Å². The molecule has 0 spiro atoms. The predicted octanol–water partition coefficient (Wildman–Crippen LogP) is 4.62. The summed E-state index contributed by atoms with van der Waals surface area (Å²) in [4.78, 5) is 17.2. The Morgan fingerprint density at radius 3 is 2.78 bits per heavy atom. The molecule has 1 fully saturated rings. The van der Waals surface area contributed by atoms with Crippen LogP contribution in [0.4, 0.5) is 5.69 Å².